The Morgan fingerprint density at radius 1 is 1.00 bits per heavy atom. The number of nitrogens with zero attached hydrogens (tertiary/aromatic N) is 3. The second kappa shape index (κ2) is 7.60. The fourth-order valence-corrected chi connectivity index (χ4v) is 2.33. The molecule has 0 unspecified atom stereocenters. The van der Waals surface area contributed by atoms with Crippen LogP contribution in [0.4, 0.5) is 5.69 Å². The molecule has 0 spiro atoms. The Labute approximate surface area is 151 Å². The largest absolute Gasteiger partial charge is 0.481 e. The molecule has 1 N–H and O–H groups in total. The molecule has 3 aromatic rings. The summed E-state index contributed by atoms with van der Waals surface area (Å²) in [6.45, 7) is 3.57. The summed E-state index contributed by atoms with van der Waals surface area (Å²) in [6.07, 6.45) is 1.45. The number of nitrogens with one attached hydrogen (secondary N) is 1. The molecule has 0 aliphatic carbocycles. The number of benzene rings is 1. The number of amides is 1. The van der Waals surface area contributed by atoms with Crippen molar-refractivity contribution in [2.45, 2.75) is 13.8 Å². The number of methoxy groups -OCH3 is 1. The molecule has 2 aromatic heterocycles. The highest BCUT2D eigenvalue weighted by Gasteiger charge is 2.14. The maximum atomic E-state index is 12.4. The summed E-state index contributed by atoms with van der Waals surface area (Å²) in [4.78, 5) is 25.1. The lowest BCUT2D eigenvalue weighted by Gasteiger charge is -2.12. The minimum atomic E-state index is -0.299. The van der Waals surface area contributed by atoms with Crippen LogP contribution in [0.15, 0.2) is 48.7 Å². The van der Waals surface area contributed by atoms with Crippen LogP contribution in [0.3, 0.4) is 0 Å². The third kappa shape index (κ3) is 3.94. The number of carbonyl (C=O) groups is 1. The molecule has 1 amide bonds. The molecule has 0 atom stereocenters. The third-order valence-electron chi connectivity index (χ3n) is 3.65. The molecule has 0 aliphatic heterocycles. The van der Waals surface area contributed by atoms with Gasteiger partial charge in [-0.1, -0.05) is 18.2 Å². The minimum absolute atomic E-state index is 0.232. The molecule has 0 saturated heterocycles. The lowest BCUT2D eigenvalue weighted by atomic mass is 10.2. The number of pyridine rings is 1. The third-order valence-corrected chi connectivity index (χ3v) is 3.65. The van der Waals surface area contributed by atoms with Gasteiger partial charge >= 0.3 is 6.01 Å². The zero-order valence-corrected chi connectivity index (χ0v) is 14.7. The zero-order chi connectivity index (χ0) is 18.5. The number of carbonyl (C=O) groups excluding carboxylic acids is 1. The standard InChI is InChI=1S/C19H18N4O3/c1-12-17(23-18(24)14-9-10-16(25-3)20-11-14)13(2)22-19(21-12)26-15-7-5-4-6-8-15/h4-11H,1-3H3,(H,23,24). The van der Waals surface area contributed by atoms with E-state index < -0.39 is 0 Å². The first-order valence-corrected chi connectivity index (χ1v) is 7.96. The summed E-state index contributed by atoms with van der Waals surface area (Å²) in [5.74, 6) is 0.790. The van der Waals surface area contributed by atoms with Crippen LogP contribution < -0.4 is 14.8 Å². The van der Waals surface area contributed by atoms with Crippen LogP contribution >= 0.6 is 0 Å². The topological polar surface area (TPSA) is 86.2 Å². The number of ether oxygens (including phenoxy) is 2. The van der Waals surface area contributed by atoms with E-state index >= 15 is 0 Å². The molecule has 3 rings (SSSR count). The van der Waals surface area contributed by atoms with Gasteiger partial charge in [-0.15, -0.1) is 0 Å². The molecule has 0 fully saturated rings. The highest BCUT2D eigenvalue weighted by Crippen LogP contribution is 2.23. The van der Waals surface area contributed by atoms with E-state index in [4.69, 9.17) is 9.47 Å². The van der Waals surface area contributed by atoms with Crippen LogP contribution in [-0.2, 0) is 0 Å². The lowest BCUT2D eigenvalue weighted by molar-refractivity contribution is 0.102. The quantitative estimate of drug-likeness (QED) is 0.757. The first kappa shape index (κ1) is 17.3. The van der Waals surface area contributed by atoms with Gasteiger partial charge in [0.25, 0.3) is 5.91 Å². The molecule has 0 aliphatic rings. The fourth-order valence-electron chi connectivity index (χ4n) is 2.33. The Balaban J connectivity index is 1.78. The van der Waals surface area contributed by atoms with Crippen LogP contribution in [0.1, 0.15) is 21.7 Å². The van der Waals surface area contributed by atoms with Gasteiger partial charge in [-0.3, -0.25) is 4.79 Å². The van der Waals surface area contributed by atoms with Crippen molar-refractivity contribution in [3.8, 4) is 17.6 Å². The summed E-state index contributed by atoms with van der Waals surface area (Å²) in [6, 6.07) is 12.8. The van der Waals surface area contributed by atoms with Crippen molar-refractivity contribution < 1.29 is 14.3 Å². The highest BCUT2D eigenvalue weighted by atomic mass is 16.5. The van der Waals surface area contributed by atoms with Crippen LogP contribution in [0, 0.1) is 13.8 Å². The lowest BCUT2D eigenvalue weighted by Crippen LogP contribution is -2.15. The smallest absolute Gasteiger partial charge is 0.322 e. The van der Waals surface area contributed by atoms with Gasteiger partial charge in [-0.2, -0.15) is 9.97 Å². The van der Waals surface area contributed by atoms with Gasteiger partial charge in [-0.05, 0) is 32.0 Å². The number of hydrogen-bond donors (Lipinski definition) is 1. The number of aryl methyl sites for hydroxylation is 2. The summed E-state index contributed by atoms with van der Waals surface area (Å²) in [5.41, 5.74) is 2.18. The predicted octanol–water partition coefficient (Wildman–Crippen LogP) is 3.54. The van der Waals surface area contributed by atoms with E-state index in [0.717, 1.165) is 0 Å². The Morgan fingerprint density at radius 2 is 1.69 bits per heavy atom. The molecule has 26 heavy (non-hydrogen) atoms. The summed E-state index contributed by atoms with van der Waals surface area (Å²) >= 11 is 0. The Kier molecular flexibility index (Phi) is 5.07. The average Bonchev–Trinajstić information content (AvgIpc) is 2.65. The van der Waals surface area contributed by atoms with Crippen LogP contribution in [0.25, 0.3) is 0 Å². The second-order valence-corrected chi connectivity index (χ2v) is 5.51. The van der Waals surface area contributed by atoms with Crippen LogP contribution in [0.5, 0.6) is 17.6 Å². The molecule has 7 nitrogen and oxygen atoms in total. The summed E-state index contributed by atoms with van der Waals surface area (Å²) in [5, 5.41) is 2.82. The van der Waals surface area contributed by atoms with Crippen molar-refractivity contribution >= 4 is 11.6 Å². The predicted molar refractivity (Wildman–Crippen MR) is 96.8 cm³/mol. The van der Waals surface area contributed by atoms with Crippen LogP contribution in [0.2, 0.25) is 0 Å². The maximum Gasteiger partial charge on any atom is 0.322 e. The normalized spacial score (nSPS) is 10.3. The molecule has 0 bridgehead atoms. The van der Waals surface area contributed by atoms with Gasteiger partial charge in [0.05, 0.1) is 29.7 Å². The van der Waals surface area contributed by atoms with Crippen molar-refractivity contribution in [2.24, 2.45) is 0 Å². The molecule has 7 heteroatoms. The average molecular weight is 350 g/mol. The van der Waals surface area contributed by atoms with Gasteiger partial charge < -0.3 is 14.8 Å². The van der Waals surface area contributed by atoms with Crippen molar-refractivity contribution in [3.05, 3.63) is 65.6 Å². The molecule has 2 heterocycles. The maximum absolute atomic E-state index is 12.4. The number of hydrogen-bond acceptors (Lipinski definition) is 6. The molecule has 0 saturated carbocycles. The summed E-state index contributed by atoms with van der Waals surface area (Å²) in [7, 11) is 1.52. The summed E-state index contributed by atoms with van der Waals surface area (Å²) < 4.78 is 10.6. The first-order valence-electron chi connectivity index (χ1n) is 7.96. The molecule has 1 aromatic carbocycles. The first-order chi connectivity index (χ1) is 12.6. The van der Waals surface area contributed by atoms with Gasteiger partial charge in [0.15, 0.2) is 0 Å². The van der Waals surface area contributed by atoms with E-state index in [2.05, 4.69) is 20.3 Å². The van der Waals surface area contributed by atoms with E-state index in [0.29, 0.717) is 34.3 Å². The highest BCUT2D eigenvalue weighted by molar-refractivity contribution is 6.04. The Hall–Kier alpha value is -3.48. The zero-order valence-electron chi connectivity index (χ0n) is 14.7. The molecule has 132 valence electrons. The van der Waals surface area contributed by atoms with Gasteiger partial charge in [0.1, 0.15) is 5.75 Å². The Bertz CT molecular complexity index is 889. The molecular weight excluding hydrogens is 332 g/mol. The minimum Gasteiger partial charge on any atom is -0.481 e. The van der Waals surface area contributed by atoms with Gasteiger partial charge in [0, 0.05) is 12.3 Å². The fraction of sp³-hybridized carbons (Fsp3) is 0.158. The van der Waals surface area contributed by atoms with Crippen molar-refractivity contribution in [3.63, 3.8) is 0 Å². The van der Waals surface area contributed by atoms with Crippen molar-refractivity contribution in [1.29, 1.82) is 0 Å². The molecular formula is C19H18N4O3. The Morgan fingerprint density at radius 3 is 2.27 bits per heavy atom. The van der Waals surface area contributed by atoms with E-state index in [1.165, 1.54) is 13.3 Å². The van der Waals surface area contributed by atoms with Gasteiger partial charge in [0.2, 0.25) is 5.88 Å². The SMILES string of the molecule is COc1ccc(C(=O)Nc2c(C)nc(Oc3ccccc3)nc2C)cn1. The second-order valence-electron chi connectivity index (χ2n) is 5.51. The number of anilines is 1. The van der Waals surface area contributed by atoms with E-state index in [9.17, 15) is 4.79 Å². The van der Waals surface area contributed by atoms with E-state index in [-0.39, 0.29) is 11.9 Å². The van der Waals surface area contributed by atoms with Crippen LogP contribution in [-0.4, -0.2) is 28.0 Å². The monoisotopic (exact) mass is 350 g/mol. The van der Waals surface area contributed by atoms with Crippen molar-refractivity contribution in [1.82, 2.24) is 15.0 Å². The number of aromatic nitrogens is 3. The van der Waals surface area contributed by atoms with E-state index in [1.807, 2.05) is 30.3 Å². The number of para-hydroxylation sites is 1. The molecule has 0 radical (unpaired) electrons. The van der Waals surface area contributed by atoms with Gasteiger partial charge in [-0.25, -0.2) is 4.98 Å². The number of rotatable bonds is 5. The van der Waals surface area contributed by atoms with E-state index in [1.54, 1.807) is 26.0 Å². The van der Waals surface area contributed by atoms with Crippen molar-refractivity contribution in [2.75, 3.05) is 12.4 Å².